The minimum Gasteiger partial charge on any atom is -0.356 e. The summed E-state index contributed by atoms with van der Waals surface area (Å²) < 4.78 is 7.32. The molecule has 3 rings (SSSR count). The standard InChI is InChI=1S/C18H22N4O3/c1-4-22-10-14(9-19-22)20-18(24)17-16(21(3)15(23)11-25-17)13-7-5-12(2)6-8-13/h5-10,16-17H,4,11H2,1-3H3,(H,20,24)/t16-,17-/m0/s1. The van der Waals surface area contributed by atoms with E-state index in [1.165, 1.54) is 0 Å². The van der Waals surface area contributed by atoms with Gasteiger partial charge in [-0.2, -0.15) is 5.10 Å². The summed E-state index contributed by atoms with van der Waals surface area (Å²) in [6.45, 7) is 4.58. The van der Waals surface area contributed by atoms with Gasteiger partial charge in [0, 0.05) is 19.8 Å². The van der Waals surface area contributed by atoms with Gasteiger partial charge in [-0.1, -0.05) is 29.8 Å². The minimum atomic E-state index is -0.782. The molecule has 2 aromatic rings. The Morgan fingerprint density at radius 3 is 2.72 bits per heavy atom. The molecule has 0 aliphatic carbocycles. The van der Waals surface area contributed by atoms with Gasteiger partial charge in [0.25, 0.3) is 5.91 Å². The highest BCUT2D eigenvalue weighted by Crippen LogP contribution is 2.30. The number of likely N-dealkylation sites (N-methyl/N-ethyl adjacent to an activating group) is 1. The number of carbonyl (C=O) groups excluding carboxylic acids is 2. The molecule has 2 atom stereocenters. The molecule has 2 heterocycles. The van der Waals surface area contributed by atoms with E-state index in [4.69, 9.17) is 4.74 Å². The van der Waals surface area contributed by atoms with E-state index in [1.807, 2.05) is 38.1 Å². The summed E-state index contributed by atoms with van der Waals surface area (Å²) in [6.07, 6.45) is 2.58. The Morgan fingerprint density at radius 1 is 1.36 bits per heavy atom. The van der Waals surface area contributed by atoms with Crippen molar-refractivity contribution in [3.63, 3.8) is 0 Å². The average molecular weight is 342 g/mol. The van der Waals surface area contributed by atoms with Gasteiger partial charge in [-0.05, 0) is 19.4 Å². The SMILES string of the molecule is CCn1cc(NC(=O)[C@H]2OCC(=O)N(C)[C@H]2c2ccc(C)cc2)cn1. The number of hydrogen-bond donors (Lipinski definition) is 1. The third-order valence-electron chi connectivity index (χ3n) is 4.39. The summed E-state index contributed by atoms with van der Waals surface area (Å²) in [6, 6.07) is 7.30. The quantitative estimate of drug-likeness (QED) is 0.918. The van der Waals surface area contributed by atoms with Gasteiger partial charge in [0.1, 0.15) is 6.61 Å². The van der Waals surface area contributed by atoms with Crippen LogP contribution in [0.1, 0.15) is 24.1 Å². The lowest BCUT2D eigenvalue weighted by Crippen LogP contribution is -2.51. The Hall–Kier alpha value is -2.67. The van der Waals surface area contributed by atoms with Gasteiger partial charge in [0.05, 0.1) is 17.9 Å². The first-order valence-electron chi connectivity index (χ1n) is 8.26. The number of ether oxygens (including phenoxy) is 1. The molecule has 1 aliphatic rings. The molecule has 0 radical (unpaired) electrons. The van der Waals surface area contributed by atoms with E-state index in [9.17, 15) is 9.59 Å². The van der Waals surface area contributed by atoms with Crippen molar-refractivity contribution in [2.24, 2.45) is 0 Å². The molecule has 1 N–H and O–H groups in total. The Balaban J connectivity index is 1.84. The van der Waals surface area contributed by atoms with Crippen LogP contribution in [-0.2, 0) is 20.9 Å². The predicted octanol–water partition coefficient (Wildman–Crippen LogP) is 1.75. The van der Waals surface area contributed by atoms with Gasteiger partial charge in [0.15, 0.2) is 6.10 Å². The maximum Gasteiger partial charge on any atom is 0.256 e. The molecule has 0 unspecified atom stereocenters. The van der Waals surface area contributed by atoms with E-state index in [1.54, 1.807) is 29.0 Å². The molecule has 0 saturated carbocycles. The zero-order valence-corrected chi connectivity index (χ0v) is 14.6. The van der Waals surface area contributed by atoms with E-state index in [0.717, 1.165) is 17.7 Å². The highest BCUT2D eigenvalue weighted by Gasteiger charge is 2.40. The zero-order chi connectivity index (χ0) is 18.0. The number of aryl methyl sites for hydroxylation is 2. The topological polar surface area (TPSA) is 76.5 Å². The van der Waals surface area contributed by atoms with Crippen molar-refractivity contribution < 1.29 is 14.3 Å². The number of aromatic nitrogens is 2. The monoisotopic (exact) mass is 342 g/mol. The Morgan fingerprint density at radius 2 is 2.08 bits per heavy atom. The minimum absolute atomic E-state index is 0.106. The van der Waals surface area contributed by atoms with Crippen LogP contribution in [0.15, 0.2) is 36.7 Å². The first-order valence-corrected chi connectivity index (χ1v) is 8.26. The summed E-state index contributed by atoms with van der Waals surface area (Å²) in [4.78, 5) is 26.4. The second-order valence-electron chi connectivity index (χ2n) is 6.17. The number of amides is 2. The van der Waals surface area contributed by atoms with Crippen LogP contribution in [-0.4, -0.2) is 46.3 Å². The lowest BCUT2D eigenvalue weighted by molar-refractivity contribution is -0.160. The van der Waals surface area contributed by atoms with Crippen LogP contribution in [0, 0.1) is 6.92 Å². The number of hydrogen-bond acceptors (Lipinski definition) is 4. The number of benzene rings is 1. The number of anilines is 1. The predicted molar refractivity (Wildman–Crippen MR) is 93.0 cm³/mol. The van der Waals surface area contributed by atoms with E-state index in [0.29, 0.717) is 5.69 Å². The molecule has 1 aromatic carbocycles. The molecular formula is C18H22N4O3. The van der Waals surface area contributed by atoms with Gasteiger partial charge >= 0.3 is 0 Å². The number of morpholine rings is 1. The van der Waals surface area contributed by atoms with Crippen LogP contribution in [0.4, 0.5) is 5.69 Å². The van der Waals surface area contributed by atoms with Crippen molar-refractivity contribution in [2.45, 2.75) is 32.5 Å². The van der Waals surface area contributed by atoms with Crippen LogP contribution in [0.25, 0.3) is 0 Å². The highest BCUT2D eigenvalue weighted by molar-refractivity contribution is 5.96. The zero-order valence-electron chi connectivity index (χ0n) is 14.6. The first kappa shape index (κ1) is 17.2. The lowest BCUT2D eigenvalue weighted by atomic mass is 9.96. The van der Waals surface area contributed by atoms with Gasteiger partial charge in [-0.25, -0.2) is 0 Å². The molecule has 0 spiro atoms. The number of nitrogens with zero attached hydrogens (tertiary/aromatic N) is 3. The summed E-state index contributed by atoms with van der Waals surface area (Å²) in [5, 5.41) is 6.97. The fourth-order valence-electron chi connectivity index (χ4n) is 2.91. The summed E-state index contributed by atoms with van der Waals surface area (Å²) in [5.41, 5.74) is 2.59. The second-order valence-corrected chi connectivity index (χ2v) is 6.17. The summed E-state index contributed by atoms with van der Waals surface area (Å²) >= 11 is 0. The van der Waals surface area contributed by atoms with Crippen molar-refractivity contribution in [3.05, 3.63) is 47.8 Å². The van der Waals surface area contributed by atoms with Crippen molar-refractivity contribution >= 4 is 17.5 Å². The third-order valence-corrected chi connectivity index (χ3v) is 4.39. The summed E-state index contributed by atoms with van der Waals surface area (Å²) in [5.74, 6) is -0.436. The smallest absolute Gasteiger partial charge is 0.256 e. The normalized spacial score (nSPS) is 20.6. The Bertz CT molecular complexity index is 769. The fraction of sp³-hybridized carbons (Fsp3) is 0.389. The molecule has 1 saturated heterocycles. The van der Waals surface area contributed by atoms with Gasteiger partial charge in [-0.3, -0.25) is 14.3 Å². The van der Waals surface area contributed by atoms with Crippen molar-refractivity contribution in [3.8, 4) is 0 Å². The molecule has 2 amide bonds. The lowest BCUT2D eigenvalue weighted by Gasteiger charge is -2.38. The maximum absolute atomic E-state index is 12.8. The highest BCUT2D eigenvalue weighted by atomic mass is 16.5. The largest absolute Gasteiger partial charge is 0.356 e. The van der Waals surface area contributed by atoms with Gasteiger partial charge in [0.2, 0.25) is 5.91 Å². The van der Waals surface area contributed by atoms with Crippen molar-refractivity contribution in [1.29, 1.82) is 0 Å². The van der Waals surface area contributed by atoms with E-state index >= 15 is 0 Å². The molecular weight excluding hydrogens is 320 g/mol. The fourth-order valence-corrected chi connectivity index (χ4v) is 2.91. The molecule has 7 heteroatoms. The van der Waals surface area contributed by atoms with Crippen LogP contribution in [0.2, 0.25) is 0 Å². The molecule has 132 valence electrons. The summed E-state index contributed by atoms with van der Waals surface area (Å²) in [7, 11) is 1.70. The van der Waals surface area contributed by atoms with E-state index < -0.39 is 12.1 Å². The Kier molecular flexibility index (Phi) is 4.85. The van der Waals surface area contributed by atoms with E-state index in [2.05, 4.69) is 10.4 Å². The third kappa shape index (κ3) is 3.56. The van der Waals surface area contributed by atoms with Crippen LogP contribution < -0.4 is 5.32 Å². The maximum atomic E-state index is 12.8. The first-order chi connectivity index (χ1) is 12.0. The molecule has 1 aromatic heterocycles. The van der Waals surface area contributed by atoms with Crippen LogP contribution in [0.3, 0.4) is 0 Å². The van der Waals surface area contributed by atoms with Gasteiger partial charge < -0.3 is 15.0 Å². The second kappa shape index (κ2) is 7.06. The number of carbonyl (C=O) groups is 2. The van der Waals surface area contributed by atoms with E-state index in [-0.39, 0.29) is 18.4 Å². The molecule has 25 heavy (non-hydrogen) atoms. The van der Waals surface area contributed by atoms with Gasteiger partial charge in [-0.15, -0.1) is 0 Å². The average Bonchev–Trinajstić information content (AvgIpc) is 3.05. The number of rotatable bonds is 4. The molecule has 1 fully saturated rings. The molecule has 0 bridgehead atoms. The van der Waals surface area contributed by atoms with Crippen LogP contribution >= 0.6 is 0 Å². The van der Waals surface area contributed by atoms with Crippen LogP contribution in [0.5, 0.6) is 0 Å². The van der Waals surface area contributed by atoms with Crippen molar-refractivity contribution in [1.82, 2.24) is 14.7 Å². The Labute approximate surface area is 146 Å². The molecule has 7 nitrogen and oxygen atoms in total. The van der Waals surface area contributed by atoms with Crippen molar-refractivity contribution in [2.75, 3.05) is 19.0 Å². The molecule has 1 aliphatic heterocycles. The number of nitrogens with one attached hydrogen (secondary N) is 1.